The Morgan fingerprint density at radius 3 is 2.15 bits per heavy atom. The van der Waals surface area contributed by atoms with E-state index < -0.39 is 28.3 Å². The molecule has 1 amide bonds. The second-order valence-corrected chi connectivity index (χ2v) is 7.51. The number of amides is 1. The van der Waals surface area contributed by atoms with Gasteiger partial charge in [0.1, 0.15) is 5.75 Å². The molecule has 0 aliphatic heterocycles. The molecule has 2 aromatic rings. The molecule has 0 atom stereocenters. The summed E-state index contributed by atoms with van der Waals surface area (Å²) in [5, 5.41) is 2.64. The lowest BCUT2D eigenvalue weighted by atomic mass is 10.2. The molecule has 0 saturated carbocycles. The summed E-state index contributed by atoms with van der Waals surface area (Å²) in [5.74, 6) is -0.428. The predicted molar refractivity (Wildman–Crippen MR) is 94.7 cm³/mol. The van der Waals surface area contributed by atoms with Gasteiger partial charge in [-0.1, -0.05) is 12.1 Å². The molecule has 1 N–H and O–H groups in total. The first-order chi connectivity index (χ1) is 12.3. The highest BCUT2D eigenvalue weighted by atomic mass is 32.2. The zero-order valence-corrected chi connectivity index (χ0v) is 15.2. The molecular formula is C18H19NO6S. The van der Waals surface area contributed by atoms with Crippen molar-refractivity contribution in [2.75, 3.05) is 20.0 Å². The molecule has 0 fully saturated rings. The fourth-order valence-electron chi connectivity index (χ4n) is 2.05. The first-order valence-corrected chi connectivity index (χ1v) is 9.55. The van der Waals surface area contributed by atoms with Crippen LogP contribution in [-0.4, -0.2) is 40.3 Å². The molecule has 0 bridgehead atoms. The number of carbonyl (C=O) groups is 2. The Labute approximate surface area is 151 Å². The van der Waals surface area contributed by atoms with E-state index in [9.17, 15) is 18.0 Å². The monoisotopic (exact) mass is 377 g/mol. The number of benzene rings is 2. The van der Waals surface area contributed by atoms with Gasteiger partial charge < -0.3 is 14.8 Å². The van der Waals surface area contributed by atoms with Gasteiger partial charge in [-0.15, -0.1) is 0 Å². The summed E-state index contributed by atoms with van der Waals surface area (Å²) in [6, 6.07) is 12.5. The molecule has 138 valence electrons. The maximum atomic E-state index is 11.9. The Hall–Kier alpha value is -2.87. The van der Waals surface area contributed by atoms with Crippen molar-refractivity contribution >= 4 is 21.7 Å². The molecule has 0 unspecified atom stereocenters. The largest absolute Gasteiger partial charge is 0.497 e. The molecule has 0 aliphatic carbocycles. The second kappa shape index (κ2) is 8.48. The summed E-state index contributed by atoms with van der Waals surface area (Å²) in [5.41, 5.74) is 1.04. The second-order valence-electron chi connectivity index (χ2n) is 5.50. The highest BCUT2D eigenvalue weighted by molar-refractivity contribution is 7.90. The van der Waals surface area contributed by atoms with Gasteiger partial charge in [0.05, 0.1) is 17.6 Å². The van der Waals surface area contributed by atoms with Crippen LogP contribution in [0.3, 0.4) is 0 Å². The third-order valence-electron chi connectivity index (χ3n) is 3.50. The van der Waals surface area contributed by atoms with Crippen LogP contribution in [0, 0.1) is 0 Å². The van der Waals surface area contributed by atoms with E-state index in [4.69, 9.17) is 9.47 Å². The van der Waals surface area contributed by atoms with Crippen LogP contribution in [-0.2, 0) is 25.9 Å². The third kappa shape index (κ3) is 5.59. The topological polar surface area (TPSA) is 98.8 Å². The number of methoxy groups -OCH3 is 1. The van der Waals surface area contributed by atoms with E-state index in [0.29, 0.717) is 6.54 Å². The van der Waals surface area contributed by atoms with Crippen LogP contribution in [0.4, 0.5) is 0 Å². The van der Waals surface area contributed by atoms with Gasteiger partial charge >= 0.3 is 5.97 Å². The average Bonchev–Trinajstić information content (AvgIpc) is 2.64. The van der Waals surface area contributed by atoms with E-state index >= 15 is 0 Å². The Balaban J connectivity index is 1.81. The van der Waals surface area contributed by atoms with Crippen LogP contribution < -0.4 is 10.1 Å². The molecular weight excluding hydrogens is 358 g/mol. The maximum Gasteiger partial charge on any atom is 0.338 e. The van der Waals surface area contributed by atoms with Gasteiger partial charge in [0.15, 0.2) is 16.4 Å². The average molecular weight is 377 g/mol. The van der Waals surface area contributed by atoms with Crippen LogP contribution in [0.1, 0.15) is 15.9 Å². The third-order valence-corrected chi connectivity index (χ3v) is 4.63. The number of esters is 1. The summed E-state index contributed by atoms with van der Waals surface area (Å²) >= 11 is 0. The summed E-state index contributed by atoms with van der Waals surface area (Å²) in [6.07, 6.45) is 1.08. The fourth-order valence-corrected chi connectivity index (χ4v) is 2.68. The standard InChI is InChI=1S/C18H19NO6S/c1-24-15-7-3-13(4-8-15)11-19-17(20)12-25-18(21)14-5-9-16(10-6-14)26(2,22)23/h3-10H,11-12H2,1-2H3,(H,19,20). The molecule has 26 heavy (non-hydrogen) atoms. The Morgan fingerprint density at radius 2 is 1.62 bits per heavy atom. The SMILES string of the molecule is COc1ccc(CNC(=O)COC(=O)c2ccc(S(C)(=O)=O)cc2)cc1. The molecule has 0 saturated heterocycles. The zero-order chi connectivity index (χ0) is 19.2. The molecule has 0 aliphatic rings. The van der Waals surface area contributed by atoms with Gasteiger partial charge in [0.25, 0.3) is 5.91 Å². The number of rotatable bonds is 7. The van der Waals surface area contributed by atoms with E-state index in [1.165, 1.54) is 24.3 Å². The fraction of sp³-hybridized carbons (Fsp3) is 0.222. The van der Waals surface area contributed by atoms with Crippen molar-refractivity contribution in [2.24, 2.45) is 0 Å². The van der Waals surface area contributed by atoms with Crippen molar-refractivity contribution in [3.8, 4) is 5.75 Å². The first-order valence-electron chi connectivity index (χ1n) is 7.66. The van der Waals surface area contributed by atoms with Crippen LogP contribution >= 0.6 is 0 Å². The van der Waals surface area contributed by atoms with Crippen LogP contribution in [0.15, 0.2) is 53.4 Å². The molecule has 0 aromatic heterocycles. The predicted octanol–water partition coefficient (Wildman–Crippen LogP) is 1.57. The Bertz CT molecular complexity index is 873. The van der Waals surface area contributed by atoms with Gasteiger partial charge in [0.2, 0.25) is 0 Å². The van der Waals surface area contributed by atoms with Gasteiger partial charge in [-0.2, -0.15) is 0 Å². The maximum absolute atomic E-state index is 11.9. The number of carbonyl (C=O) groups excluding carboxylic acids is 2. The van der Waals surface area contributed by atoms with Crippen molar-refractivity contribution in [2.45, 2.75) is 11.4 Å². The van der Waals surface area contributed by atoms with Crippen molar-refractivity contribution in [3.63, 3.8) is 0 Å². The molecule has 2 rings (SSSR count). The minimum atomic E-state index is -3.33. The van der Waals surface area contributed by atoms with Crippen molar-refractivity contribution in [3.05, 3.63) is 59.7 Å². The van der Waals surface area contributed by atoms with Gasteiger partial charge in [-0.05, 0) is 42.0 Å². The minimum Gasteiger partial charge on any atom is -0.497 e. The normalized spacial score (nSPS) is 10.8. The Kier molecular flexibility index (Phi) is 6.35. The molecule has 7 nitrogen and oxygen atoms in total. The van der Waals surface area contributed by atoms with Crippen molar-refractivity contribution in [1.29, 1.82) is 0 Å². The first kappa shape index (κ1) is 19.5. The van der Waals surface area contributed by atoms with Gasteiger partial charge in [0, 0.05) is 12.8 Å². The van der Waals surface area contributed by atoms with Gasteiger partial charge in [-0.25, -0.2) is 13.2 Å². The van der Waals surface area contributed by atoms with E-state index in [1.54, 1.807) is 19.2 Å². The summed E-state index contributed by atoms with van der Waals surface area (Å²) < 4.78 is 32.7. The summed E-state index contributed by atoms with van der Waals surface area (Å²) in [6.45, 7) is -0.133. The highest BCUT2D eigenvalue weighted by Gasteiger charge is 2.12. The van der Waals surface area contributed by atoms with Crippen molar-refractivity contribution < 1.29 is 27.5 Å². The molecule has 0 heterocycles. The molecule has 0 spiro atoms. The number of sulfone groups is 1. The van der Waals surface area contributed by atoms with E-state index in [0.717, 1.165) is 17.6 Å². The van der Waals surface area contributed by atoms with E-state index in [1.807, 2.05) is 12.1 Å². The molecule has 2 aromatic carbocycles. The lowest BCUT2D eigenvalue weighted by Crippen LogP contribution is -2.28. The Morgan fingerprint density at radius 1 is 1.00 bits per heavy atom. The van der Waals surface area contributed by atoms with E-state index in [2.05, 4.69) is 5.32 Å². The summed E-state index contributed by atoms with van der Waals surface area (Å²) in [4.78, 5) is 23.8. The zero-order valence-electron chi connectivity index (χ0n) is 14.4. The van der Waals surface area contributed by atoms with E-state index in [-0.39, 0.29) is 10.5 Å². The lowest BCUT2D eigenvalue weighted by Gasteiger charge is -2.08. The van der Waals surface area contributed by atoms with Crippen molar-refractivity contribution in [1.82, 2.24) is 5.32 Å². The number of nitrogens with one attached hydrogen (secondary N) is 1. The number of hydrogen-bond donors (Lipinski definition) is 1. The quantitative estimate of drug-likeness (QED) is 0.736. The smallest absolute Gasteiger partial charge is 0.338 e. The number of ether oxygens (including phenoxy) is 2. The highest BCUT2D eigenvalue weighted by Crippen LogP contribution is 2.12. The molecule has 0 radical (unpaired) electrons. The summed E-state index contributed by atoms with van der Waals surface area (Å²) in [7, 11) is -1.76. The van der Waals surface area contributed by atoms with Crippen LogP contribution in [0.25, 0.3) is 0 Å². The van der Waals surface area contributed by atoms with Crippen LogP contribution in [0.2, 0.25) is 0 Å². The lowest BCUT2D eigenvalue weighted by molar-refractivity contribution is -0.124. The van der Waals surface area contributed by atoms with Gasteiger partial charge in [-0.3, -0.25) is 4.79 Å². The van der Waals surface area contributed by atoms with Crippen LogP contribution in [0.5, 0.6) is 5.75 Å². The number of hydrogen-bond acceptors (Lipinski definition) is 6. The molecule has 8 heteroatoms. The minimum absolute atomic E-state index is 0.103.